The van der Waals surface area contributed by atoms with Crippen LogP contribution in [-0.2, 0) is 13.1 Å². The van der Waals surface area contributed by atoms with Crippen LogP contribution in [-0.4, -0.2) is 32.1 Å². The number of amides is 1. The summed E-state index contributed by atoms with van der Waals surface area (Å²) >= 11 is 5.64. The summed E-state index contributed by atoms with van der Waals surface area (Å²) in [5.74, 6) is -1.24. The molecule has 0 fully saturated rings. The highest BCUT2D eigenvalue weighted by Crippen LogP contribution is 2.25. The fourth-order valence-electron chi connectivity index (χ4n) is 2.26. The SMILES string of the molecule is O=C(O)c1ccc2c(c1)CN(C(=O)c1ccc(Cl)nn1)C2. The van der Waals surface area contributed by atoms with Gasteiger partial charge in [-0.3, -0.25) is 4.79 Å². The first kappa shape index (κ1) is 13.5. The molecule has 2 heterocycles. The molecule has 0 bridgehead atoms. The molecule has 0 radical (unpaired) electrons. The lowest BCUT2D eigenvalue weighted by Gasteiger charge is -2.14. The largest absolute Gasteiger partial charge is 0.478 e. The van der Waals surface area contributed by atoms with E-state index in [0.29, 0.717) is 13.1 Å². The van der Waals surface area contributed by atoms with E-state index < -0.39 is 5.97 Å². The van der Waals surface area contributed by atoms with E-state index >= 15 is 0 Å². The molecule has 3 rings (SSSR count). The van der Waals surface area contributed by atoms with Crippen LogP contribution >= 0.6 is 11.6 Å². The molecule has 6 nitrogen and oxygen atoms in total. The Morgan fingerprint density at radius 2 is 1.86 bits per heavy atom. The van der Waals surface area contributed by atoms with Gasteiger partial charge in [0.05, 0.1) is 5.56 Å². The molecule has 0 atom stereocenters. The lowest BCUT2D eigenvalue weighted by molar-refractivity contribution is 0.0696. The van der Waals surface area contributed by atoms with Gasteiger partial charge in [-0.1, -0.05) is 17.7 Å². The molecule has 1 aromatic heterocycles. The summed E-state index contributed by atoms with van der Waals surface area (Å²) in [7, 11) is 0. The lowest BCUT2D eigenvalue weighted by Crippen LogP contribution is -2.26. The van der Waals surface area contributed by atoms with Gasteiger partial charge in [-0.05, 0) is 35.4 Å². The van der Waals surface area contributed by atoms with Crippen LogP contribution in [0.2, 0.25) is 5.15 Å². The number of hydrogen-bond donors (Lipinski definition) is 1. The van der Waals surface area contributed by atoms with Crippen molar-refractivity contribution in [1.82, 2.24) is 15.1 Å². The number of carboxylic acid groups (broad SMARTS) is 1. The number of rotatable bonds is 2. The van der Waals surface area contributed by atoms with Crippen LogP contribution < -0.4 is 0 Å². The van der Waals surface area contributed by atoms with Crippen LogP contribution in [0.15, 0.2) is 30.3 Å². The number of fused-ring (bicyclic) bond motifs is 1. The van der Waals surface area contributed by atoms with Crippen LogP contribution in [0.3, 0.4) is 0 Å². The predicted molar refractivity (Wildman–Crippen MR) is 74.0 cm³/mol. The van der Waals surface area contributed by atoms with E-state index in [1.54, 1.807) is 17.0 Å². The number of benzene rings is 1. The molecule has 1 aromatic carbocycles. The average Bonchev–Trinajstić information content (AvgIpc) is 2.90. The average molecular weight is 304 g/mol. The Bertz CT molecular complexity index is 731. The highest BCUT2D eigenvalue weighted by atomic mass is 35.5. The van der Waals surface area contributed by atoms with E-state index in [-0.39, 0.29) is 22.3 Å². The van der Waals surface area contributed by atoms with E-state index in [1.807, 2.05) is 0 Å². The van der Waals surface area contributed by atoms with Crippen molar-refractivity contribution in [2.45, 2.75) is 13.1 Å². The summed E-state index contributed by atoms with van der Waals surface area (Å²) in [4.78, 5) is 24.9. The Morgan fingerprint density at radius 1 is 1.10 bits per heavy atom. The molecule has 1 amide bonds. The Hall–Kier alpha value is -2.47. The minimum atomic E-state index is -0.980. The van der Waals surface area contributed by atoms with Crippen molar-refractivity contribution in [1.29, 1.82) is 0 Å². The lowest BCUT2D eigenvalue weighted by atomic mass is 10.1. The summed E-state index contributed by atoms with van der Waals surface area (Å²) < 4.78 is 0. The normalized spacial score (nSPS) is 13.1. The number of carboxylic acids is 1. The van der Waals surface area contributed by atoms with Crippen molar-refractivity contribution >= 4 is 23.5 Å². The molecule has 2 aromatic rings. The quantitative estimate of drug-likeness (QED) is 0.917. The molecule has 1 N–H and O–H groups in total. The molecular weight excluding hydrogens is 294 g/mol. The number of carbonyl (C=O) groups excluding carboxylic acids is 1. The summed E-state index contributed by atoms with van der Waals surface area (Å²) in [6.07, 6.45) is 0. The first-order chi connectivity index (χ1) is 10.0. The monoisotopic (exact) mass is 303 g/mol. The molecular formula is C14H10ClN3O3. The second-order valence-corrected chi connectivity index (χ2v) is 5.08. The van der Waals surface area contributed by atoms with Gasteiger partial charge in [0, 0.05) is 13.1 Å². The van der Waals surface area contributed by atoms with Crippen molar-refractivity contribution in [3.05, 3.63) is 57.9 Å². The van der Waals surface area contributed by atoms with E-state index in [0.717, 1.165) is 11.1 Å². The van der Waals surface area contributed by atoms with Crippen LogP contribution in [0, 0.1) is 0 Å². The number of aromatic carboxylic acids is 1. The zero-order valence-corrected chi connectivity index (χ0v) is 11.5. The van der Waals surface area contributed by atoms with Crippen LogP contribution in [0.4, 0.5) is 0 Å². The Balaban J connectivity index is 1.82. The Kier molecular flexibility index (Phi) is 3.31. The van der Waals surface area contributed by atoms with Gasteiger partial charge in [0.1, 0.15) is 0 Å². The zero-order valence-electron chi connectivity index (χ0n) is 10.8. The summed E-state index contributed by atoms with van der Waals surface area (Å²) in [6, 6.07) is 7.90. The fourth-order valence-corrected chi connectivity index (χ4v) is 2.36. The Morgan fingerprint density at radius 3 is 2.52 bits per heavy atom. The standard InChI is InChI=1S/C14H10ClN3O3/c15-12-4-3-11(16-17-12)13(19)18-6-9-2-1-8(14(20)21)5-10(9)7-18/h1-5H,6-7H2,(H,20,21). The topological polar surface area (TPSA) is 83.4 Å². The molecule has 0 aliphatic carbocycles. The molecule has 21 heavy (non-hydrogen) atoms. The van der Waals surface area contributed by atoms with E-state index in [1.165, 1.54) is 18.2 Å². The van der Waals surface area contributed by atoms with Crippen molar-refractivity contribution in [2.75, 3.05) is 0 Å². The van der Waals surface area contributed by atoms with E-state index in [2.05, 4.69) is 10.2 Å². The molecule has 7 heteroatoms. The fraction of sp³-hybridized carbons (Fsp3) is 0.143. The van der Waals surface area contributed by atoms with Crippen LogP contribution in [0.25, 0.3) is 0 Å². The molecule has 0 unspecified atom stereocenters. The molecule has 1 aliphatic rings. The maximum absolute atomic E-state index is 12.3. The third kappa shape index (κ3) is 2.57. The van der Waals surface area contributed by atoms with Crippen molar-refractivity contribution in [2.24, 2.45) is 0 Å². The third-order valence-corrected chi connectivity index (χ3v) is 3.52. The third-order valence-electron chi connectivity index (χ3n) is 3.31. The smallest absolute Gasteiger partial charge is 0.335 e. The van der Waals surface area contributed by atoms with Gasteiger partial charge in [-0.25, -0.2) is 4.79 Å². The number of halogens is 1. The van der Waals surface area contributed by atoms with Gasteiger partial charge >= 0.3 is 5.97 Å². The number of hydrogen-bond acceptors (Lipinski definition) is 4. The summed E-state index contributed by atoms with van der Waals surface area (Å²) in [5.41, 5.74) is 2.21. The van der Waals surface area contributed by atoms with Gasteiger partial charge < -0.3 is 10.0 Å². The van der Waals surface area contributed by atoms with Gasteiger partial charge in [0.25, 0.3) is 5.91 Å². The first-order valence-corrected chi connectivity index (χ1v) is 6.56. The summed E-state index contributed by atoms with van der Waals surface area (Å²) in [5, 5.41) is 16.6. The number of nitrogens with zero attached hydrogens (tertiary/aromatic N) is 3. The predicted octanol–water partition coefficient (Wildman–Crippen LogP) is 1.98. The first-order valence-electron chi connectivity index (χ1n) is 6.18. The number of aromatic nitrogens is 2. The second kappa shape index (κ2) is 5.14. The maximum Gasteiger partial charge on any atom is 0.335 e. The van der Waals surface area contributed by atoms with E-state index in [4.69, 9.17) is 16.7 Å². The molecule has 1 aliphatic heterocycles. The van der Waals surface area contributed by atoms with Gasteiger partial charge in [0.2, 0.25) is 0 Å². The second-order valence-electron chi connectivity index (χ2n) is 4.69. The van der Waals surface area contributed by atoms with Crippen molar-refractivity contribution in [3.8, 4) is 0 Å². The summed E-state index contributed by atoms with van der Waals surface area (Å²) in [6.45, 7) is 0.790. The molecule has 0 saturated carbocycles. The minimum Gasteiger partial charge on any atom is -0.478 e. The van der Waals surface area contributed by atoms with Gasteiger partial charge in [0.15, 0.2) is 10.8 Å². The van der Waals surface area contributed by atoms with Crippen LogP contribution in [0.5, 0.6) is 0 Å². The maximum atomic E-state index is 12.3. The minimum absolute atomic E-state index is 0.214. The molecule has 0 saturated heterocycles. The van der Waals surface area contributed by atoms with Crippen molar-refractivity contribution in [3.63, 3.8) is 0 Å². The zero-order chi connectivity index (χ0) is 15.0. The van der Waals surface area contributed by atoms with E-state index in [9.17, 15) is 9.59 Å². The van der Waals surface area contributed by atoms with Gasteiger partial charge in [-0.2, -0.15) is 0 Å². The van der Waals surface area contributed by atoms with Crippen LogP contribution in [0.1, 0.15) is 32.0 Å². The number of carbonyl (C=O) groups is 2. The highest BCUT2D eigenvalue weighted by Gasteiger charge is 2.26. The van der Waals surface area contributed by atoms with Crippen molar-refractivity contribution < 1.29 is 14.7 Å². The Labute approximate surface area is 125 Å². The highest BCUT2D eigenvalue weighted by molar-refractivity contribution is 6.29. The molecule has 106 valence electrons. The molecule has 0 spiro atoms. The van der Waals surface area contributed by atoms with Gasteiger partial charge in [-0.15, -0.1) is 10.2 Å².